The number of carbonyl (C=O) groups excluding carboxylic acids is 1. The zero-order valence-corrected chi connectivity index (χ0v) is 17.7. The molecule has 1 amide bonds. The normalized spacial score (nSPS) is 14.7. The van der Waals surface area contributed by atoms with Crippen LogP contribution in [0.1, 0.15) is 23.4 Å². The first-order valence-electron chi connectivity index (χ1n) is 10.3. The summed E-state index contributed by atoms with van der Waals surface area (Å²) in [5.41, 5.74) is 3.53. The van der Waals surface area contributed by atoms with E-state index in [2.05, 4.69) is 15.7 Å². The molecule has 1 aliphatic heterocycles. The molecular weight excluding hydrogens is 408 g/mol. The maximum Gasteiger partial charge on any atom is 0.328 e. The lowest BCUT2D eigenvalue weighted by Gasteiger charge is -2.16. The minimum atomic E-state index is -1.72. The molecule has 4 aromatic rings. The van der Waals surface area contributed by atoms with Crippen molar-refractivity contribution in [2.75, 3.05) is 18.0 Å². The Balaban J connectivity index is 1.37. The number of anilines is 1. The molecule has 6 heteroatoms. The zero-order valence-electron chi connectivity index (χ0n) is 16.9. The topological polar surface area (TPSA) is 68.5 Å². The number of hydrogen-bond donors (Lipinski definition) is 1. The van der Waals surface area contributed by atoms with Crippen molar-refractivity contribution in [2.24, 2.45) is 0 Å². The smallest absolute Gasteiger partial charge is 0.328 e. The van der Waals surface area contributed by atoms with E-state index in [9.17, 15) is 9.35 Å². The van der Waals surface area contributed by atoms with Crippen LogP contribution < -0.4 is 9.62 Å². The second-order valence-electron chi connectivity index (χ2n) is 7.59. The van der Waals surface area contributed by atoms with Crippen molar-refractivity contribution < 1.29 is 13.8 Å². The standard InChI is InChI=1S/C25H22N2O3S/c28-25(23-16-19-12-13-20(17-22(19)30-23)27-14-6-7-15-27)26-31(29)24-11-5-4-10-21(24)18-8-2-1-3-9-18/h1-5,8-13,16-17H,6-7,14-15H2,(H,26,28). The van der Waals surface area contributed by atoms with Crippen LogP contribution in [0.15, 0.2) is 88.2 Å². The zero-order chi connectivity index (χ0) is 21.2. The quantitative estimate of drug-likeness (QED) is 0.445. The Kier molecular flexibility index (Phi) is 5.40. The van der Waals surface area contributed by atoms with Gasteiger partial charge in [0.15, 0.2) is 10.7 Å². The van der Waals surface area contributed by atoms with Crippen molar-refractivity contribution in [2.45, 2.75) is 17.7 Å². The molecule has 0 spiro atoms. The Morgan fingerprint density at radius 2 is 1.68 bits per heavy atom. The molecule has 156 valence electrons. The Hall–Kier alpha value is -3.22. The van der Waals surface area contributed by atoms with Gasteiger partial charge < -0.3 is 13.9 Å². The minimum absolute atomic E-state index is 0.152. The molecule has 3 aromatic carbocycles. The van der Waals surface area contributed by atoms with Crippen LogP contribution in [0.25, 0.3) is 22.1 Å². The van der Waals surface area contributed by atoms with Crippen LogP contribution >= 0.6 is 0 Å². The van der Waals surface area contributed by atoms with E-state index in [-0.39, 0.29) is 5.76 Å². The molecule has 0 radical (unpaired) electrons. The van der Waals surface area contributed by atoms with E-state index >= 15 is 0 Å². The van der Waals surface area contributed by atoms with Crippen molar-refractivity contribution in [3.63, 3.8) is 0 Å². The number of nitrogens with one attached hydrogen (secondary N) is 1. The summed E-state index contributed by atoms with van der Waals surface area (Å²) in [6.07, 6.45) is 2.39. The molecule has 0 bridgehead atoms. The van der Waals surface area contributed by atoms with E-state index in [0.717, 1.165) is 35.3 Å². The van der Waals surface area contributed by atoms with Gasteiger partial charge in [-0.25, -0.2) is 0 Å². The summed E-state index contributed by atoms with van der Waals surface area (Å²) in [5.74, 6) is -0.348. The Labute approximate surface area is 184 Å². The number of carbonyl (C=O) groups is 1. The number of rotatable bonds is 5. The molecule has 5 nitrogen and oxygen atoms in total. The third-order valence-electron chi connectivity index (χ3n) is 5.56. The predicted molar refractivity (Wildman–Crippen MR) is 123 cm³/mol. The van der Waals surface area contributed by atoms with Crippen molar-refractivity contribution in [1.29, 1.82) is 0 Å². The van der Waals surface area contributed by atoms with Crippen molar-refractivity contribution >= 4 is 33.9 Å². The number of fused-ring (bicyclic) bond motifs is 1. The highest BCUT2D eigenvalue weighted by molar-refractivity contribution is 7.90. The summed E-state index contributed by atoms with van der Waals surface area (Å²) in [5, 5.41) is 0.851. The number of benzene rings is 3. The summed E-state index contributed by atoms with van der Waals surface area (Å²) in [6.45, 7) is 2.08. The lowest BCUT2D eigenvalue weighted by Crippen LogP contribution is -2.30. The fourth-order valence-electron chi connectivity index (χ4n) is 3.98. The van der Waals surface area contributed by atoms with Gasteiger partial charge >= 0.3 is 5.91 Å². The van der Waals surface area contributed by atoms with Crippen molar-refractivity contribution in [3.8, 4) is 11.1 Å². The van der Waals surface area contributed by atoms with E-state index in [1.165, 1.54) is 12.8 Å². The maximum atomic E-state index is 13.0. The van der Waals surface area contributed by atoms with Gasteiger partial charge in [0.05, 0.1) is 0 Å². The molecule has 1 N–H and O–H groups in total. The molecule has 31 heavy (non-hydrogen) atoms. The fourth-order valence-corrected chi connectivity index (χ4v) is 4.94. The highest BCUT2D eigenvalue weighted by atomic mass is 32.2. The van der Waals surface area contributed by atoms with Crippen molar-refractivity contribution in [3.05, 3.63) is 84.6 Å². The lowest BCUT2D eigenvalue weighted by atomic mass is 10.1. The van der Waals surface area contributed by atoms with Crippen LogP contribution in [0.5, 0.6) is 0 Å². The van der Waals surface area contributed by atoms with Gasteiger partial charge in [0, 0.05) is 35.8 Å². The third kappa shape index (κ3) is 4.04. The average Bonchev–Trinajstić information content (AvgIpc) is 3.49. The minimum Gasteiger partial charge on any atom is -0.588 e. The summed E-state index contributed by atoms with van der Waals surface area (Å²) in [4.78, 5) is 15.6. The first-order valence-corrected chi connectivity index (χ1v) is 11.5. The largest absolute Gasteiger partial charge is 0.588 e. The van der Waals surface area contributed by atoms with Gasteiger partial charge in [0.25, 0.3) is 0 Å². The number of hydrogen-bond acceptors (Lipinski definition) is 4. The van der Waals surface area contributed by atoms with Gasteiger partial charge in [-0.15, -0.1) is 0 Å². The molecule has 1 fully saturated rings. The molecular formula is C25H22N2O3S. The van der Waals surface area contributed by atoms with Crippen molar-refractivity contribution in [1.82, 2.24) is 4.72 Å². The average molecular weight is 431 g/mol. The van der Waals surface area contributed by atoms with Gasteiger partial charge in [0.1, 0.15) is 16.9 Å². The van der Waals surface area contributed by atoms with Gasteiger partial charge in [-0.1, -0.05) is 42.5 Å². The highest BCUT2D eigenvalue weighted by Gasteiger charge is 2.23. The molecule has 1 aromatic heterocycles. The second kappa shape index (κ2) is 8.49. The van der Waals surface area contributed by atoms with E-state index in [1.54, 1.807) is 12.1 Å². The molecule has 1 unspecified atom stereocenters. The van der Waals surface area contributed by atoms with Crippen LogP contribution in [-0.2, 0) is 11.4 Å². The molecule has 5 rings (SSSR count). The molecule has 2 heterocycles. The van der Waals surface area contributed by atoms with Crippen LogP contribution in [0.4, 0.5) is 5.69 Å². The molecule has 1 saturated heterocycles. The van der Waals surface area contributed by atoms with E-state index in [4.69, 9.17) is 4.42 Å². The van der Waals surface area contributed by atoms with Crippen LogP contribution in [-0.4, -0.2) is 23.5 Å². The van der Waals surface area contributed by atoms with Gasteiger partial charge in [-0.05, 0) is 48.7 Å². The highest BCUT2D eigenvalue weighted by Crippen LogP contribution is 2.29. The SMILES string of the molecule is O=C(N[S+]([O-])c1ccccc1-c1ccccc1)c1cc2ccc(N3CCCC3)cc2o1. The molecule has 0 saturated carbocycles. The van der Waals surface area contributed by atoms with E-state index in [1.807, 2.05) is 60.7 Å². The summed E-state index contributed by atoms with van der Waals surface area (Å²) >= 11 is -1.72. The molecule has 1 atom stereocenters. The third-order valence-corrected chi connectivity index (χ3v) is 6.68. The summed E-state index contributed by atoms with van der Waals surface area (Å²) in [7, 11) is 0. The van der Waals surface area contributed by atoms with Crippen LogP contribution in [0, 0.1) is 0 Å². The van der Waals surface area contributed by atoms with Gasteiger partial charge in [0.2, 0.25) is 0 Å². The van der Waals surface area contributed by atoms with E-state index < -0.39 is 17.3 Å². The summed E-state index contributed by atoms with van der Waals surface area (Å²) in [6, 6.07) is 24.7. The lowest BCUT2D eigenvalue weighted by molar-refractivity contribution is 0.0956. The van der Waals surface area contributed by atoms with Crippen LogP contribution in [0.3, 0.4) is 0 Å². The number of amides is 1. The predicted octanol–water partition coefficient (Wildman–Crippen LogP) is 5.15. The first kappa shape index (κ1) is 19.7. The Bertz CT molecular complexity index is 1220. The second-order valence-corrected chi connectivity index (χ2v) is 8.77. The van der Waals surface area contributed by atoms with Crippen LogP contribution in [0.2, 0.25) is 0 Å². The molecule has 1 aliphatic rings. The number of furan rings is 1. The fraction of sp³-hybridized carbons (Fsp3) is 0.160. The first-order chi connectivity index (χ1) is 15.2. The Morgan fingerprint density at radius 1 is 0.935 bits per heavy atom. The Morgan fingerprint density at radius 3 is 2.48 bits per heavy atom. The van der Waals surface area contributed by atoms with E-state index in [0.29, 0.717) is 10.5 Å². The monoisotopic (exact) mass is 430 g/mol. The number of nitrogens with zero attached hydrogens (tertiary/aromatic N) is 1. The van der Waals surface area contributed by atoms with Gasteiger partial charge in [-0.2, -0.15) is 4.72 Å². The van der Waals surface area contributed by atoms with Gasteiger partial charge in [-0.3, -0.25) is 4.79 Å². The molecule has 0 aliphatic carbocycles. The summed E-state index contributed by atoms with van der Waals surface area (Å²) < 4.78 is 21.4. The maximum absolute atomic E-state index is 13.0.